The summed E-state index contributed by atoms with van der Waals surface area (Å²) in [5.41, 5.74) is 13.4. The first-order valence-corrected chi connectivity index (χ1v) is 20.8. The lowest BCUT2D eigenvalue weighted by Crippen LogP contribution is -2.06. The Morgan fingerprint density at radius 1 is 0.290 bits per heavy atom. The number of para-hydroxylation sites is 3. The van der Waals surface area contributed by atoms with Crippen molar-refractivity contribution in [2.24, 2.45) is 0 Å². The first-order valence-electron chi connectivity index (χ1n) is 20.8. The maximum atomic E-state index is 5.20. The van der Waals surface area contributed by atoms with Crippen LogP contribution in [0.4, 0.5) is 0 Å². The first-order chi connectivity index (χ1) is 30.8. The molecule has 0 radical (unpaired) electrons. The van der Waals surface area contributed by atoms with E-state index in [9.17, 15) is 0 Å². The zero-order valence-corrected chi connectivity index (χ0v) is 33.5. The van der Waals surface area contributed by atoms with Gasteiger partial charge in [-0.2, -0.15) is 9.97 Å². The molecule has 6 nitrogen and oxygen atoms in total. The van der Waals surface area contributed by atoms with Gasteiger partial charge in [-0.15, -0.1) is 0 Å². The monoisotopic (exact) mass is 792 g/mol. The summed E-state index contributed by atoms with van der Waals surface area (Å²) in [6.07, 6.45) is 0. The molecule has 0 saturated carbocycles. The summed E-state index contributed by atoms with van der Waals surface area (Å²) in [6.45, 7) is 0. The Kier molecular flexibility index (Phi) is 8.38. The molecule has 0 bridgehead atoms. The normalized spacial score (nSPS) is 11.5. The fourth-order valence-corrected chi connectivity index (χ4v) is 9.00. The van der Waals surface area contributed by atoms with Crippen LogP contribution in [0.25, 0.3) is 112 Å². The molecule has 290 valence electrons. The highest BCUT2D eigenvalue weighted by Crippen LogP contribution is 2.44. The summed E-state index contributed by atoms with van der Waals surface area (Å²) in [4.78, 5) is 20.6. The van der Waals surface area contributed by atoms with Gasteiger partial charge in [0.15, 0.2) is 11.6 Å². The summed E-state index contributed by atoms with van der Waals surface area (Å²) in [7, 11) is 0. The van der Waals surface area contributed by atoms with Crippen molar-refractivity contribution in [1.82, 2.24) is 29.1 Å². The van der Waals surface area contributed by atoms with Crippen LogP contribution < -0.4 is 0 Å². The topological polar surface area (TPSA) is 61.4 Å². The van der Waals surface area contributed by atoms with Crippen molar-refractivity contribution < 1.29 is 0 Å². The predicted molar refractivity (Wildman–Crippen MR) is 253 cm³/mol. The highest BCUT2D eigenvalue weighted by Gasteiger charge is 2.24. The van der Waals surface area contributed by atoms with Crippen LogP contribution in [0, 0.1) is 0 Å². The van der Waals surface area contributed by atoms with Crippen molar-refractivity contribution >= 4 is 43.6 Å². The molecule has 12 rings (SSSR count). The van der Waals surface area contributed by atoms with Crippen LogP contribution in [0.3, 0.4) is 0 Å². The fourth-order valence-electron chi connectivity index (χ4n) is 9.00. The van der Waals surface area contributed by atoms with Crippen LogP contribution in [0.1, 0.15) is 0 Å². The van der Waals surface area contributed by atoms with Crippen molar-refractivity contribution in [3.8, 4) is 68.1 Å². The second-order valence-electron chi connectivity index (χ2n) is 15.4. The molecule has 0 aliphatic heterocycles. The Bertz CT molecular complexity index is 3500. The van der Waals surface area contributed by atoms with Crippen molar-refractivity contribution in [2.45, 2.75) is 0 Å². The van der Waals surface area contributed by atoms with Crippen LogP contribution in [0.5, 0.6) is 0 Å². The molecule has 0 saturated heterocycles. The molecule has 0 unspecified atom stereocenters. The number of hydrogen-bond donors (Lipinski definition) is 0. The average Bonchev–Trinajstić information content (AvgIpc) is 3.88. The van der Waals surface area contributed by atoms with Gasteiger partial charge < -0.3 is 4.57 Å². The minimum Gasteiger partial charge on any atom is -0.309 e. The summed E-state index contributed by atoms with van der Waals surface area (Å²) < 4.78 is 4.64. The second-order valence-corrected chi connectivity index (χ2v) is 15.4. The Labute approximate surface area is 357 Å². The molecule has 0 N–H and O–H groups in total. The number of aromatic nitrogens is 6. The number of fused-ring (bicyclic) bond motifs is 7. The number of benzene rings is 8. The SMILES string of the molecule is c1ccc(-c2cc(-c3ccccc3-n3c4ccccc4c4c5c6ccccc6n(-c6nc(-c7ccccc7)nc(-c7ccccc7)n6)c5ccc43)cc(-c3ccccc3)n2)cc1. The highest BCUT2D eigenvalue weighted by molar-refractivity contribution is 6.29. The predicted octanol–water partition coefficient (Wildman–Crippen LogP) is 13.8. The van der Waals surface area contributed by atoms with Crippen LogP contribution in [0.2, 0.25) is 0 Å². The Morgan fingerprint density at radius 3 is 1.24 bits per heavy atom. The molecule has 8 aromatic carbocycles. The molecule has 12 aromatic rings. The lowest BCUT2D eigenvalue weighted by atomic mass is 9.98. The van der Waals surface area contributed by atoms with Gasteiger partial charge in [-0.25, -0.2) is 9.97 Å². The zero-order chi connectivity index (χ0) is 41.0. The third-order valence-corrected chi connectivity index (χ3v) is 11.8. The van der Waals surface area contributed by atoms with Crippen molar-refractivity contribution in [3.05, 3.63) is 218 Å². The second kappa shape index (κ2) is 14.7. The lowest BCUT2D eigenvalue weighted by molar-refractivity contribution is 0.953. The quantitative estimate of drug-likeness (QED) is 0.161. The summed E-state index contributed by atoms with van der Waals surface area (Å²) in [5, 5.41) is 4.62. The standard InChI is InChI=1S/C56H36N6/c1-5-19-37(20-6-1)45-35-41(36-46(57-45)38-21-7-2-8-22-38)42-27-13-16-30-47(42)61-48-31-17-14-28-43(48)52-50(61)33-34-51-53(52)44-29-15-18-32-49(44)62(51)56-59-54(39-23-9-3-10-24-39)58-55(60-56)40-25-11-4-12-26-40/h1-36H. The first kappa shape index (κ1) is 35.5. The molecule has 4 heterocycles. The molecule has 0 aliphatic rings. The van der Waals surface area contributed by atoms with Gasteiger partial charge >= 0.3 is 0 Å². The Balaban J connectivity index is 1.12. The lowest BCUT2D eigenvalue weighted by Gasteiger charge is -2.16. The minimum atomic E-state index is 0.568. The van der Waals surface area contributed by atoms with E-state index >= 15 is 0 Å². The number of pyridine rings is 1. The van der Waals surface area contributed by atoms with Gasteiger partial charge in [0.1, 0.15) is 0 Å². The van der Waals surface area contributed by atoms with Gasteiger partial charge in [0.2, 0.25) is 5.95 Å². The van der Waals surface area contributed by atoms with Gasteiger partial charge in [-0.3, -0.25) is 4.57 Å². The third kappa shape index (κ3) is 5.88. The van der Waals surface area contributed by atoms with E-state index < -0.39 is 0 Å². The molecule has 0 fully saturated rings. The zero-order valence-electron chi connectivity index (χ0n) is 33.5. The summed E-state index contributed by atoms with van der Waals surface area (Å²) in [6, 6.07) is 76.2. The van der Waals surface area contributed by atoms with Gasteiger partial charge in [0.25, 0.3) is 0 Å². The average molecular weight is 793 g/mol. The van der Waals surface area contributed by atoms with E-state index in [-0.39, 0.29) is 0 Å². The molecular formula is C56H36N6. The Hall–Kier alpha value is -8.48. The molecule has 0 aliphatic carbocycles. The number of rotatable bonds is 7. The number of hydrogen-bond acceptors (Lipinski definition) is 4. The van der Waals surface area contributed by atoms with E-state index in [1.807, 2.05) is 72.8 Å². The minimum absolute atomic E-state index is 0.568. The fraction of sp³-hybridized carbons (Fsp3) is 0. The maximum Gasteiger partial charge on any atom is 0.238 e. The van der Waals surface area contributed by atoms with E-state index in [1.165, 1.54) is 10.8 Å². The largest absolute Gasteiger partial charge is 0.309 e. The van der Waals surface area contributed by atoms with Crippen LogP contribution in [0.15, 0.2) is 218 Å². The van der Waals surface area contributed by atoms with E-state index in [0.29, 0.717) is 17.6 Å². The van der Waals surface area contributed by atoms with E-state index in [4.69, 9.17) is 19.9 Å². The molecule has 0 atom stereocenters. The van der Waals surface area contributed by atoms with Crippen LogP contribution >= 0.6 is 0 Å². The van der Waals surface area contributed by atoms with E-state index in [1.54, 1.807) is 0 Å². The smallest absolute Gasteiger partial charge is 0.238 e. The van der Waals surface area contributed by atoms with Crippen LogP contribution in [-0.2, 0) is 0 Å². The highest BCUT2D eigenvalue weighted by atomic mass is 15.2. The van der Waals surface area contributed by atoms with Crippen molar-refractivity contribution in [2.75, 3.05) is 0 Å². The Morgan fingerprint density at radius 2 is 0.710 bits per heavy atom. The molecule has 62 heavy (non-hydrogen) atoms. The van der Waals surface area contributed by atoms with Gasteiger partial charge in [-0.05, 0) is 48.0 Å². The van der Waals surface area contributed by atoms with Crippen LogP contribution in [-0.4, -0.2) is 29.1 Å². The molecule has 0 spiro atoms. The van der Waals surface area contributed by atoms with Gasteiger partial charge in [0, 0.05) is 49.4 Å². The van der Waals surface area contributed by atoms with E-state index in [2.05, 4.69) is 155 Å². The van der Waals surface area contributed by atoms with Crippen molar-refractivity contribution in [1.29, 1.82) is 0 Å². The molecule has 6 heteroatoms. The molecular weight excluding hydrogens is 757 g/mol. The summed E-state index contributed by atoms with van der Waals surface area (Å²) in [5.74, 6) is 1.81. The van der Waals surface area contributed by atoms with Gasteiger partial charge in [-0.1, -0.05) is 176 Å². The number of nitrogens with zero attached hydrogens (tertiary/aromatic N) is 6. The maximum absolute atomic E-state index is 5.20. The summed E-state index contributed by atoms with van der Waals surface area (Å²) >= 11 is 0. The third-order valence-electron chi connectivity index (χ3n) is 11.8. The molecule has 4 aromatic heterocycles. The van der Waals surface area contributed by atoms with E-state index in [0.717, 1.165) is 83.3 Å². The van der Waals surface area contributed by atoms with Gasteiger partial charge in [0.05, 0.1) is 39.1 Å². The molecule has 0 amide bonds. The van der Waals surface area contributed by atoms with Crippen molar-refractivity contribution in [3.63, 3.8) is 0 Å².